The van der Waals surface area contributed by atoms with E-state index < -0.39 is 0 Å². The van der Waals surface area contributed by atoms with Gasteiger partial charge in [-0.05, 0) is 31.5 Å². The number of benzene rings is 1. The Morgan fingerprint density at radius 2 is 2.18 bits per heavy atom. The van der Waals surface area contributed by atoms with Gasteiger partial charge in [-0.25, -0.2) is 0 Å². The van der Waals surface area contributed by atoms with Gasteiger partial charge in [-0.1, -0.05) is 24.6 Å². The first-order valence-electron chi connectivity index (χ1n) is 5.89. The van der Waals surface area contributed by atoms with E-state index >= 15 is 0 Å². The second kappa shape index (κ2) is 7.54. The van der Waals surface area contributed by atoms with Crippen molar-refractivity contribution < 1.29 is 9.47 Å². The van der Waals surface area contributed by atoms with Gasteiger partial charge in [-0.3, -0.25) is 0 Å². The van der Waals surface area contributed by atoms with Crippen molar-refractivity contribution in [1.82, 2.24) is 0 Å². The zero-order chi connectivity index (χ0) is 12.7. The summed E-state index contributed by atoms with van der Waals surface area (Å²) in [4.78, 5) is 0. The maximum absolute atomic E-state index is 5.96. The third-order valence-electron chi connectivity index (χ3n) is 2.38. The van der Waals surface area contributed by atoms with Gasteiger partial charge in [0.15, 0.2) is 0 Å². The zero-order valence-corrected chi connectivity index (χ0v) is 11.1. The van der Waals surface area contributed by atoms with E-state index in [1.165, 1.54) is 0 Å². The highest BCUT2D eigenvalue weighted by Crippen LogP contribution is 2.18. The third kappa shape index (κ3) is 5.39. The van der Waals surface area contributed by atoms with E-state index in [1.807, 2.05) is 25.1 Å². The van der Waals surface area contributed by atoms with Crippen molar-refractivity contribution in [1.29, 1.82) is 0 Å². The molecule has 3 nitrogen and oxygen atoms in total. The van der Waals surface area contributed by atoms with E-state index in [9.17, 15) is 0 Å². The van der Waals surface area contributed by atoms with Crippen LogP contribution >= 0.6 is 11.6 Å². The Morgan fingerprint density at radius 3 is 2.82 bits per heavy atom. The van der Waals surface area contributed by atoms with Gasteiger partial charge in [0.25, 0.3) is 0 Å². The summed E-state index contributed by atoms with van der Waals surface area (Å²) < 4.78 is 11.1. The summed E-state index contributed by atoms with van der Waals surface area (Å²) >= 11 is 5.87. The summed E-state index contributed by atoms with van der Waals surface area (Å²) in [7, 11) is 0. The van der Waals surface area contributed by atoms with Crippen LogP contribution < -0.4 is 10.5 Å². The standard InChI is InChI=1S/C13H20ClNO2/c1-3-7-16-9-13(15)10(2)17-12-6-4-5-11(14)8-12/h4-6,8,10,13H,3,7,9,15H2,1-2H3. The van der Waals surface area contributed by atoms with Crippen LogP contribution in [0.1, 0.15) is 20.3 Å². The van der Waals surface area contributed by atoms with E-state index in [4.69, 9.17) is 26.8 Å². The Labute approximate surface area is 108 Å². The van der Waals surface area contributed by atoms with Crippen LogP contribution in [0.3, 0.4) is 0 Å². The first-order chi connectivity index (χ1) is 8.13. The van der Waals surface area contributed by atoms with E-state index in [0.29, 0.717) is 11.6 Å². The molecule has 0 bridgehead atoms. The molecule has 0 aromatic heterocycles. The summed E-state index contributed by atoms with van der Waals surface area (Å²) in [5.41, 5.74) is 5.96. The SMILES string of the molecule is CCCOCC(N)C(C)Oc1cccc(Cl)c1. The normalized spacial score (nSPS) is 14.4. The van der Waals surface area contributed by atoms with E-state index in [-0.39, 0.29) is 12.1 Å². The molecule has 0 aliphatic rings. The molecule has 0 spiro atoms. The minimum absolute atomic E-state index is 0.106. The number of rotatable bonds is 7. The van der Waals surface area contributed by atoms with Crippen LogP contribution in [0.15, 0.2) is 24.3 Å². The average Bonchev–Trinajstić information content (AvgIpc) is 2.29. The largest absolute Gasteiger partial charge is 0.489 e. The number of ether oxygens (including phenoxy) is 2. The van der Waals surface area contributed by atoms with Crippen molar-refractivity contribution in [2.24, 2.45) is 5.73 Å². The lowest BCUT2D eigenvalue weighted by Gasteiger charge is -2.21. The molecular formula is C13H20ClNO2. The van der Waals surface area contributed by atoms with Gasteiger partial charge >= 0.3 is 0 Å². The summed E-state index contributed by atoms with van der Waals surface area (Å²) in [5, 5.41) is 0.658. The van der Waals surface area contributed by atoms with Crippen molar-refractivity contribution in [2.75, 3.05) is 13.2 Å². The lowest BCUT2D eigenvalue weighted by atomic mass is 10.2. The summed E-state index contributed by atoms with van der Waals surface area (Å²) in [6.07, 6.45) is 0.890. The van der Waals surface area contributed by atoms with Gasteiger partial charge in [0.1, 0.15) is 11.9 Å². The molecule has 1 aromatic rings. The molecule has 0 heterocycles. The topological polar surface area (TPSA) is 44.5 Å². The molecule has 1 rings (SSSR count). The van der Waals surface area contributed by atoms with E-state index in [2.05, 4.69) is 6.92 Å². The number of halogens is 1. The number of nitrogens with two attached hydrogens (primary N) is 1. The minimum atomic E-state index is -0.138. The maximum Gasteiger partial charge on any atom is 0.121 e. The van der Waals surface area contributed by atoms with Crippen molar-refractivity contribution in [3.05, 3.63) is 29.3 Å². The molecule has 0 radical (unpaired) electrons. The Balaban J connectivity index is 2.39. The fraction of sp³-hybridized carbons (Fsp3) is 0.538. The summed E-state index contributed by atoms with van der Waals surface area (Å²) in [6.45, 7) is 5.24. The Morgan fingerprint density at radius 1 is 1.41 bits per heavy atom. The minimum Gasteiger partial charge on any atom is -0.489 e. The molecule has 17 heavy (non-hydrogen) atoms. The highest BCUT2D eigenvalue weighted by Gasteiger charge is 2.14. The highest BCUT2D eigenvalue weighted by atomic mass is 35.5. The maximum atomic E-state index is 5.96. The monoisotopic (exact) mass is 257 g/mol. The highest BCUT2D eigenvalue weighted by molar-refractivity contribution is 6.30. The van der Waals surface area contributed by atoms with Crippen LogP contribution in [0.2, 0.25) is 5.02 Å². The molecule has 0 aliphatic heterocycles. The molecule has 4 heteroatoms. The van der Waals surface area contributed by atoms with Crippen molar-refractivity contribution in [3.8, 4) is 5.75 Å². The predicted molar refractivity (Wildman–Crippen MR) is 70.6 cm³/mol. The third-order valence-corrected chi connectivity index (χ3v) is 2.61. The Kier molecular flexibility index (Phi) is 6.34. The molecule has 2 N–H and O–H groups in total. The van der Waals surface area contributed by atoms with Gasteiger partial charge in [0.2, 0.25) is 0 Å². The lowest BCUT2D eigenvalue weighted by Crippen LogP contribution is -2.40. The van der Waals surface area contributed by atoms with Crippen LogP contribution in [0.25, 0.3) is 0 Å². The van der Waals surface area contributed by atoms with Gasteiger partial charge in [-0.2, -0.15) is 0 Å². The molecular weight excluding hydrogens is 238 g/mol. The molecule has 0 aliphatic carbocycles. The smallest absolute Gasteiger partial charge is 0.121 e. The van der Waals surface area contributed by atoms with Gasteiger partial charge in [-0.15, -0.1) is 0 Å². The number of hydrogen-bond donors (Lipinski definition) is 1. The second-order valence-electron chi connectivity index (χ2n) is 4.02. The van der Waals surface area contributed by atoms with Crippen molar-refractivity contribution >= 4 is 11.6 Å². The molecule has 1 aromatic carbocycles. The van der Waals surface area contributed by atoms with Crippen LogP contribution in [0.4, 0.5) is 0 Å². The zero-order valence-electron chi connectivity index (χ0n) is 10.4. The van der Waals surface area contributed by atoms with Gasteiger partial charge in [0, 0.05) is 11.6 Å². The van der Waals surface area contributed by atoms with Crippen LogP contribution in [-0.2, 0) is 4.74 Å². The molecule has 2 atom stereocenters. The van der Waals surface area contributed by atoms with Crippen LogP contribution in [0, 0.1) is 0 Å². The Hall–Kier alpha value is -0.770. The average molecular weight is 258 g/mol. The van der Waals surface area contributed by atoms with Gasteiger partial charge in [0.05, 0.1) is 12.6 Å². The van der Waals surface area contributed by atoms with E-state index in [1.54, 1.807) is 6.07 Å². The molecule has 0 saturated heterocycles. The Bertz CT molecular complexity index is 333. The lowest BCUT2D eigenvalue weighted by molar-refractivity contribution is 0.0803. The summed E-state index contributed by atoms with van der Waals surface area (Å²) in [5.74, 6) is 0.732. The van der Waals surface area contributed by atoms with Crippen molar-refractivity contribution in [2.45, 2.75) is 32.4 Å². The molecule has 96 valence electrons. The van der Waals surface area contributed by atoms with Crippen LogP contribution in [0.5, 0.6) is 5.75 Å². The molecule has 0 fully saturated rings. The quantitative estimate of drug-likeness (QED) is 0.764. The number of hydrogen-bond acceptors (Lipinski definition) is 3. The fourth-order valence-corrected chi connectivity index (χ4v) is 1.52. The first-order valence-corrected chi connectivity index (χ1v) is 6.26. The molecule has 0 saturated carbocycles. The second-order valence-corrected chi connectivity index (χ2v) is 4.46. The van der Waals surface area contributed by atoms with Crippen LogP contribution in [-0.4, -0.2) is 25.4 Å². The van der Waals surface area contributed by atoms with Gasteiger partial charge < -0.3 is 15.2 Å². The first kappa shape index (κ1) is 14.3. The van der Waals surface area contributed by atoms with Crippen molar-refractivity contribution in [3.63, 3.8) is 0 Å². The summed E-state index contributed by atoms with van der Waals surface area (Å²) in [6, 6.07) is 7.16. The fourth-order valence-electron chi connectivity index (χ4n) is 1.34. The predicted octanol–water partition coefficient (Wildman–Crippen LogP) is 2.86. The van der Waals surface area contributed by atoms with E-state index in [0.717, 1.165) is 18.8 Å². The molecule has 2 unspecified atom stereocenters. The molecule has 0 amide bonds.